The number of nitrogens with zero attached hydrogens (tertiary/aromatic N) is 2. The molecule has 0 spiro atoms. The Morgan fingerprint density at radius 1 is 0.758 bits per heavy atom. The van der Waals surface area contributed by atoms with Gasteiger partial charge in [0.05, 0.1) is 31.7 Å². The van der Waals surface area contributed by atoms with Crippen LogP contribution in [0.2, 0.25) is 0 Å². The Morgan fingerprint density at radius 2 is 1.34 bits per heavy atom. The number of fused-ring (bicyclic) bond motifs is 3. The summed E-state index contributed by atoms with van der Waals surface area (Å²) >= 11 is 0. The minimum absolute atomic E-state index is 0.00732. The SMILES string of the molecule is C[C@@H](/C=C/CC(=O)N(CCO)Cc1ccccc1)[C@]1(O)C(=O)N(Cc2ccc(NC(=O)Cc3c[nH]c4ccccc34)cc2)c2ccc(NC(=O)Cc3c[nH]c4ccccc34)cc21. The molecular weight excluding hydrogens is 781 g/mol. The summed E-state index contributed by atoms with van der Waals surface area (Å²) in [4.78, 5) is 63.8. The average Bonchev–Trinajstić information content (AvgIpc) is 3.94. The van der Waals surface area contributed by atoms with E-state index in [9.17, 15) is 29.4 Å². The molecule has 2 aromatic heterocycles. The van der Waals surface area contributed by atoms with Gasteiger partial charge in [-0.1, -0.05) is 97.9 Å². The molecular formula is C50H48N6O6. The largest absolute Gasteiger partial charge is 0.395 e. The van der Waals surface area contributed by atoms with E-state index in [1.165, 1.54) is 4.90 Å². The number of hydrogen-bond donors (Lipinski definition) is 6. The van der Waals surface area contributed by atoms with Crippen molar-refractivity contribution in [2.75, 3.05) is 28.7 Å². The van der Waals surface area contributed by atoms with Gasteiger partial charge >= 0.3 is 0 Å². The van der Waals surface area contributed by atoms with Crippen LogP contribution in [0.15, 0.2) is 146 Å². The second-order valence-electron chi connectivity index (χ2n) is 15.7. The minimum Gasteiger partial charge on any atom is -0.395 e. The fourth-order valence-electron chi connectivity index (χ4n) is 8.23. The fourth-order valence-corrected chi connectivity index (χ4v) is 8.23. The van der Waals surface area contributed by atoms with Gasteiger partial charge in [-0.05, 0) is 64.7 Å². The quantitative estimate of drug-likeness (QED) is 0.0557. The molecule has 62 heavy (non-hydrogen) atoms. The number of anilines is 3. The Kier molecular flexibility index (Phi) is 12.1. The van der Waals surface area contributed by atoms with Gasteiger partial charge in [0, 0.05) is 76.6 Å². The van der Waals surface area contributed by atoms with Crippen LogP contribution in [0.4, 0.5) is 17.1 Å². The molecule has 0 aliphatic carbocycles. The summed E-state index contributed by atoms with van der Waals surface area (Å²) in [5, 5.41) is 30.1. The van der Waals surface area contributed by atoms with Crippen LogP contribution in [0.25, 0.3) is 21.8 Å². The van der Waals surface area contributed by atoms with Crippen LogP contribution in [0.1, 0.15) is 41.2 Å². The van der Waals surface area contributed by atoms with E-state index in [4.69, 9.17) is 0 Å². The van der Waals surface area contributed by atoms with Gasteiger partial charge in [-0.2, -0.15) is 0 Å². The molecule has 0 fully saturated rings. The first kappa shape index (κ1) is 41.5. The number of carbonyl (C=O) groups is 4. The highest BCUT2D eigenvalue weighted by molar-refractivity contribution is 6.08. The topological polar surface area (TPSA) is 171 Å². The molecule has 0 bridgehead atoms. The lowest BCUT2D eigenvalue weighted by Crippen LogP contribution is -2.44. The highest BCUT2D eigenvalue weighted by atomic mass is 16.3. The number of H-pyrrole nitrogens is 2. The van der Waals surface area contributed by atoms with Crippen LogP contribution in [0.5, 0.6) is 0 Å². The van der Waals surface area contributed by atoms with E-state index in [2.05, 4.69) is 20.6 Å². The van der Waals surface area contributed by atoms with Gasteiger partial charge in [-0.3, -0.25) is 19.2 Å². The van der Waals surface area contributed by atoms with Crippen molar-refractivity contribution in [3.63, 3.8) is 0 Å². The van der Waals surface area contributed by atoms with Gasteiger partial charge in [-0.15, -0.1) is 0 Å². The molecule has 0 saturated heterocycles. The summed E-state index contributed by atoms with van der Waals surface area (Å²) in [6, 6.07) is 37.4. The Bertz CT molecular complexity index is 2780. The number of aliphatic hydroxyl groups excluding tert-OH is 1. The zero-order valence-electron chi connectivity index (χ0n) is 34.3. The van der Waals surface area contributed by atoms with Gasteiger partial charge in [0.1, 0.15) is 0 Å². The van der Waals surface area contributed by atoms with Gasteiger partial charge in [0.25, 0.3) is 5.91 Å². The third kappa shape index (κ3) is 8.78. The van der Waals surface area contributed by atoms with Crippen LogP contribution >= 0.6 is 0 Å². The van der Waals surface area contributed by atoms with E-state index >= 15 is 0 Å². The average molecular weight is 829 g/mol. The zero-order chi connectivity index (χ0) is 43.2. The molecule has 4 amide bonds. The molecule has 0 radical (unpaired) electrons. The Morgan fingerprint density at radius 3 is 1.97 bits per heavy atom. The number of para-hydroxylation sites is 2. The lowest BCUT2D eigenvalue weighted by molar-refractivity contribution is -0.139. The molecule has 7 aromatic rings. The number of rotatable bonds is 16. The summed E-state index contributed by atoms with van der Waals surface area (Å²) in [6.07, 6.45) is 7.28. The molecule has 8 rings (SSSR count). The highest BCUT2D eigenvalue weighted by Gasteiger charge is 2.52. The summed E-state index contributed by atoms with van der Waals surface area (Å²) in [7, 11) is 0. The van der Waals surface area contributed by atoms with Crippen molar-refractivity contribution >= 4 is 62.5 Å². The smallest absolute Gasteiger partial charge is 0.264 e. The Hall–Kier alpha value is -7.28. The number of hydrogen-bond acceptors (Lipinski definition) is 6. The first-order valence-electron chi connectivity index (χ1n) is 20.7. The van der Waals surface area contributed by atoms with Gasteiger partial charge < -0.3 is 40.6 Å². The molecule has 0 unspecified atom stereocenters. The van der Waals surface area contributed by atoms with E-state index in [-0.39, 0.29) is 56.7 Å². The first-order chi connectivity index (χ1) is 30.1. The second kappa shape index (κ2) is 18.1. The second-order valence-corrected chi connectivity index (χ2v) is 15.7. The van der Waals surface area contributed by atoms with E-state index in [1.807, 2.05) is 103 Å². The monoisotopic (exact) mass is 828 g/mol. The van der Waals surface area contributed by atoms with Crippen molar-refractivity contribution in [2.24, 2.45) is 5.92 Å². The van der Waals surface area contributed by atoms with Crippen molar-refractivity contribution in [3.05, 3.63) is 174 Å². The van der Waals surface area contributed by atoms with Crippen LogP contribution in [-0.2, 0) is 50.7 Å². The standard InChI is InChI=1S/C50H48N6O6/c1-33(10-9-17-48(60)55(24-25-57)31-34-11-3-2-4-12-34)50(62)42-28-39(54-47(59)27-37-30-52-44-16-8-6-14-41(37)44)22-23-45(42)56(49(50)61)32-35-18-20-38(21-19-35)53-46(58)26-36-29-51-43-15-7-5-13-40(36)43/h2-16,18-23,28-30,33,51-52,57,62H,17,24-27,31-32H2,1H3,(H,53,58)(H,54,59)/b10-9+/t33-,50+/m0/s1. The van der Waals surface area contributed by atoms with Gasteiger partial charge in [-0.25, -0.2) is 0 Å². The van der Waals surface area contributed by atoms with Gasteiger partial charge in [0.2, 0.25) is 17.7 Å². The highest BCUT2D eigenvalue weighted by Crippen LogP contribution is 2.47. The number of aromatic amines is 2. The number of nitrogens with one attached hydrogen (secondary N) is 4. The minimum atomic E-state index is -2.04. The molecule has 3 heterocycles. The van der Waals surface area contributed by atoms with E-state index in [0.717, 1.165) is 44.1 Å². The van der Waals surface area contributed by atoms with E-state index in [1.54, 1.807) is 54.3 Å². The molecule has 12 nitrogen and oxygen atoms in total. The summed E-state index contributed by atoms with van der Waals surface area (Å²) in [5.74, 6) is -1.99. The van der Waals surface area contributed by atoms with Crippen molar-refractivity contribution < 1.29 is 29.4 Å². The lowest BCUT2D eigenvalue weighted by atomic mass is 9.82. The van der Waals surface area contributed by atoms with Crippen LogP contribution in [-0.4, -0.2) is 61.9 Å². The normalized spacial score (nSPS) is 15.3. The fraction of sp³-hybridized carbons (Fsp3) is 0.200. The van der Waals surface area contributed by atoms with Crippen LogP contribution in [0.3, 0.4) is 0 Å². The van der Waals surface area contributed by atoms with Crippen molar-refractivity contribution in [1.82, 2.24) is 14.9 Å². The molecule has 2 atom stereocenters. The number of carbonyl (C=O) groups excluding carboxylic acids is 4. The third-order valence-electron chi connectivity index (χ3n) is 11.5. The van der Waals surface area contributed by atoms with E-state index in [0.29, 0.717) is 29.2 Å². The molecule has 6 N–H and O–H groups in total. The molecule has 1 aliphatic rings. The summed E-state index contributed by atoms with van der Waals surface area (Å²) < 4.78 is 0. The van der Waals surface area contributed by atoms with Crippen molar-refractivity contribution in [2.45, 2.75) is 44.9 Å². The van der Waals surface area contributed by atoms with E-state index < -0.39 is 17.4 Å². The van der Waals surface area contributed by atoms with Crippen LogP contribution < -0.4 is 15.5 Å². The molecule has 314 valence electrons. The number of benzene rings is 5. The lowest BCUT2D eigenvalue weighted by Gasteiger charge is -2.28. The molecule has 0 saturated carbocycles. The first-order valence-corrected chi connectivity index (χ1v) is 20.7. The number of aromatic nitrogens is 2. The Balaban J connectivity index is 1.00. The predicted octanol–water partition coefficient (Wildman–Crippen LogP) is 7.35. The van der Waals surface area contributed by atoms with Crippen molar-refractivity contribution in [1.29, 1.82) is 0 Å². The summed E-state index contributed by atoms with van der Waals surface area (Å²) in [6.45, 7) is 2.14. The number of aliphatic hydroxyl groups is 2. The number of amides is 4. The maximum atomic E-state index is 14.5. The Labute approximate surface area is 358 Å². The van der Waals surface area contributed by atoms with Gasteiger partial charge in [0.15, 0.2) is 5.60 Å². The predicted molar refractivity (Wildman–Crippen MR) is 241 cm³/mol. The molecule has 5 aromatic carbocycles. The maximum absolute atomic E-state index is 14.5. The summed E-state index contributed by atoms with van der Waals surface area (Å²) in [5.41, 5.74) is 5.10. The molecule has 12 heteroatoms. The third-order valence-corrected chi connectivity index (χ3v) is 11.5. The zero-order valence-corrected chi connectivity index (χ0v) is 34.3. The van der Waals surface area contributed by atoms with Crippen molar-refractivity contribution in [3.8, 4) is 0 Å². The van der Waals surface area contributed by atoms with Crippen LogP contribution in [0, 0.1) is 5.92 Å². The molecule has 1 aliphatic heterocycles. The maximum Gasteiger partial charge on any atom is 0.264 e.